The van der Waals surface area contributed by atoms with Gasteiger partial charge in [-0.25, -0.2) is 0 Å². The van der Waals surface area contributed by atoms with E-state index >= 15 is 0 Å². The van der Waals surface area contributed by atoms with Crippen LogP contribution in [0.2, 0.25) is 0 Å². The molecule has 2 atom stereocenters. The van der Waals surface area contributed by atoms with Crippen LogP contribution in [-0.2, 0) is 9.47 Å². The van der Waals surface area contributed by atoms with Crippen molar-refractivity contribution >= 4 is 0 Å². The lowest BCUT2D eigenvalue weighted by Crippen LogP contribution is -2.03. The first kappa shape index (κ1) is 5.06. The molecule has 0 saturated carbocycles. The number of ether oxygens (including phenoxy) is 2. The molecule has 1 aliphatic heterocycles. The second-order valence-corrected chi connectivity index (χ2v) is 1.85. The summed E-state index contributed by atoms with van der Waals surface area (Å²) in [5.74, 6) is 0. The van der Waals surface area contributed by atoms with Crippen LogP contribution in [0.5, 0.6) is 0 Å². The fraction of sp³-hybridized carbons (Fsp3) is 1.00. The van der Waals surface area contributed by atoms with Gasteiger partial charge in [0, 0.05) is 0 Å². The first-order valence-corrected chi connectivity index (χ1v) is 2.56. The molecule has 1 fully saturated rings. The number of hydrogen-bond acceptors (Lipinski definition) is 2. The highest BCUT2D eigenvalue weighted by molar-refractivity contribution is 4.54. The third-order valence-electron chi connectivity index (χ3n) is 0.990. The molecule has 0 bridgehead atoms. The van der Waals surface area contributed by atoms with Crippen LogP contribution in [0.4, 0.5) is 0 Å². The molecule has 0 spiro atoms. The summed E-state index contributed by atoms with van der Waals surface area (Å²) in [7, 11) is 0. The van der Waals surface area contributed by atoms with Gasteiger partial charge in [-0.1, -0.05) is 0 Å². The Balaban J connectivity index is 2.26. The van der Waals surface area contributed by atoms with Crippen LogP contribution in [0.1, 0.15) is 13.8 Å². The molecule has 0 aromatic rings. The predicted octanol–water partition coefficient (Wildman–Crippen LogP) is 0.768. The molecule has 7 heavy (non-hydrogen) atoms. The largest absolute Gasteiger partial charge is 0.350 e. The fourth-order valence-corrected chi connectivity index (χ4v) is 0.677. The van der Waals surface area contributed by atoms with E-state index in [0.29, 0.717) is 6.10 Å². The highest BCUT2D eigenvalue weighted by Crippen LogP contribution is 2.08. The maximum Gasteiger partial charge on any atom is 0.155 e. The lowest BCUT2D eigenvalue weighted by Gasteiger charge is -1.98. The summed E-state index contributed by atoms with van der Waals surface area (Å²) in [6.45, 7) is 4.66. The van der Waals surface area contributed by atoms with Crippen molar-refractivity contribution in [2.45, 2.75) is 26.2 Å². The maximum absolute atomic E-state index is 5.14. The molecule has 1 heterocycles. The summed E-state index contributed by atoms with van der Waals surface area (Å²) in [4.78, 5) is 0. The van der Waals surface area contributed by atoms with Gasteiger partial charge in [0.25, 0.3) is 0 Å². The summed E-state index contributed by atoms with van der Waals surface area (Å²) in [5.41, 5.74) is 0. The predicted molar refractivity (Wildman–Crippen MR) is 26.0 cm³/mol. The molecule has 42 valence electrons. The van der Waals surface area contributed by atoms with E-state index in [1.807, 2.05) is 13.8 Å². The van der Waals surface area contributed by atoms with Crippen LogP contribution in [0.3, 0.4) is 0 Å². The monoisotopic (exact) mass is 102 g/mol. The van der Waals surface area contributed by atoms with Gasteiger partial charge >= 0.3 is 0 Å². The van der Waals surface area contributed by atoms with Crippen LogP contribution in [0.15, 0.2) is 0 Å². The van der Waals surface area contributed by atoms with Crippen molar-refractivity contribution in [2.24, 2.45) is 0 Å². The van der Waals surface area contributed by atoms with Gasteiger partial charge < -0.3 is 9.47 Å². The zero-order valence-corrected chi connectivity index (χ0v) is 4.68. The summed E-state index contributed by atoms with van der Waals surface area (Å²) >= 11 is 0. The summed E-state index contributed by atoms with van der Waals surface area (Å²) < 4.78 is 10.2. The van der Waals surface area contributed by atoms with Gasteiger partial charge in [0.1, 0.15) is 0 Å². The van der Waals surface area contributed by atoms with Crippen LogP contribution in [0, 0.1) is 0 Å². The molecule has 2 nitrogen and oxygen atoms in total. The molecule has 0 amide bonds. The van der Waals surface area contributed by atoms with Gasteiger partial charge in [-0.3, -0.25) is 0 Å². The lowest BCUT2D eigenvalue weighted by atomic mass is 10.5. The Kier molecular flexibility index (Phi) is 1.30. The molecule has 0 radical (unpaired) electrons. The topological polar surface area (TPSA) is 18.5 Å². The standard InChI is InChI=1S/C5H10O2/c1-4-3-6-5(2)7-4/h4-5H,3H2,1-2H3/t4-,5-/m0/s1. The molecule has 0 aromatic carbocycles. The van der Waals surface area contributed by atoms with Crippen molar-refractivity contribution in [3.8, 4) is 0 Å². The van der Waals surface area contributed by atoms with Crippen LogP contribution < -0.4 is 0 Å². The zero-order valence-electron chi connectivity index (χ0n) is 4.68. The zero-order chi connectivity index (χ0) is 5.28. The fourth-order valence-electron chi connectivity index (χ4n) is 0.677. The van der Waals surface area contributed by atoms with Gasteiger partial charge in [0.15, 0.2) is 6.29 Å². The normalized spacial score (nSPS) is 42.0. The van der Waals surface area contributed by atoms with Crippen molar-refractivity contribution in [3.63, 3.8) is 0 Å². The molecule has 1 aliphatic rings. The van der Waals surface area contributed by atoms with Gasteiger partial charge in [-0.2, -0.15) is 0 Å². The molecular formula is C5H10O2. The van der Waals surface area contributed by atoms with Crippen molar-refractivity contribution in [1.29, 1.82) is 0 Å². The second kappa shape index (κ2) is 1.80. The SMILES string of the molecule is C[C@H]1OC[C@H](C)O1. The Bertz CT molecular complexity index is 55.1. The van der Waals surface area contributed by atoms with Crippen LogP contribution in [-0.4, -0.2) is 19.0 Å². The van der Waals surface area contributed by atoms with Crippen molar-refractivity contribution in [1.82, 2.24) is 0 Å². The van der Waals surface area contributed by atoms with E-state index in [0.717, 1.165) is 6.61 Å². The van der Waals surface area contributed by atoms with Crippen LogP contribution >= 0.6 is 0 Å². The lowest BCUT2D eigenvalue weighted by molar-refractivity contribution is -0.0389. The molecule has 0 unspecified atom stereocenters. The minimum absolute atomic E-state index is 0.0231. The van der Waals surface area contributed by atoms with E-state index in [1.54, 1.807) is 0 Å². The minimum Gasteiger partial charge on any atom is -0.350 e. The first-order valence-electron chi connectivity index (χ1n) is 2.56. The highest BCUT2D eigenvalue weighted by atomic mass is 16.7. The smallest absolute Gasteiger partial charge is 0.155 e. The molecular weight excluding hydrogens is 92.1 g/mol. The van der Waals surface area contributed by atoms with Crippen molar-refractivity contribution in [3.05, 3.63) is 0 Å². The van der Waals surface area contributed by atoms with Crippen molar-refractivity contribution < 1.29 is 9.47 Å². The second-order valence-electron chi connectivity index (χ2n) is 1.85. The minimum atomic E-state index is 0.0231. The summed E-state index contributed by atoms with van der Waals surface area (Å²) in [6, 6.07) is 0. The Labute approximate surface area is 43.4 Å². The number of rotatable bonds is 0. The third-order valence-corrected chi connectivity index (χ3v) is 0.990. The van der Waals surface area contributed by atoms with E-state index in [-0.39, 0.29) is 6.29 Å². The van der Waals surface area contributed by atoms with Crippen LogP contribution in [0.25, 0.3) is 0 Å². The van der Waals surface area contributed by atoms with E-state index in [4.69, 9.17) is 9.47 Å². The van der Waals surface area contributed by atoms with E-state index in [9.17, 15) is 0 Å². The Morgan fingerprint density at radius 1 is 1.43 bits per heavy atom. The summed E-state index contributed by atoms with van der Waals surface area (Å²) in [5, 5.41) is 0. The molecule has 2 heteroatoms. The Morgan fingerprint density at radius 2 is 2.14 bits per heavy atom. The Hall–Kier alpha value is -0.0800. The van der Waals surface area contributed by atoms with E-state index in [1.165, 1.54) is 0 Å². The summed E-state index contributed by atoms with van der Waals surface area (Å²) in [6.07, 6.45) is 0.324. The highest BCUT2D eigenvalue weighted by Gasteiger charge is 2.16. The maximum atomic E-state index is 5.14. The molecule has 0 N–H and O–H groups in total. The molecule has 0 aliphatic carbocycles. The van der Waals surface area contributed by atoms with Gasteiger partial charge in [0.05, 0.1) is 12.7 Å². The Morgan fingerprint density at radius 3 is 2.29 bits per heavy atom. The van der Waals surface area contributed by atoms with Gasteiger partial charge in [0.2, 0.25) is 0 Å². The van der Waals surface area contributed by atoms with E-state index in [2.05, 4.69) is 0 Å². The number of hydrogen-bond donors (Lipinski definition) is 0. The van der Waals surface area contributed by atoms with E-state index < -0.39 is 0 Å². The first-order chi connectivity index (χ1) is 3.29. The quantitative estimate of drug-likeness (QED) is 0.449. The van der Waals surface area contributed by atoms with Gasteiger partial charge in [-0.15, -0.1) is 0 Å². The molecule has 0 aromatic heterocycles. The average Bonchev–Trinajstić information content (AvgIpc) is 1.87. The van der Waals surface area contributed by atoms with Crippen molar-refractivity contribution in [2.75, 3.05) is 6.61 Å². The third kappa shape index (κ3) is 1.14. The average molecular weight is 102 g/mol. The molecule has 1 saturated heterocycles. The van der Waals surface area contributed by atoms with Gasteiger partial charge in [-0.05, 0) is 13.8 Å². The molecule has 1 rings (SSSR count).